The summed E-state index contributed by atoms with van der Waals surface area (Å²) in [7, 11) is 0. The van der Waals surface area contributed by atoms with Gasteiger partial charge in [-0.3, -0.25) is 4.79 Å². The molecule has 0 spiro atoms. The first kappa shape index (κ1) is 44.6. The summed E-state index contributed by atoms with van der Waals surface area (Å²) < 4.78 is 0. The molecule has 0 aliphatic heterocycles. The second-order valence-electron chi connectivity index (χ2n) is 25.2. The molecule has 0 N–H and O–H groups in total. The van der Waals surface area contributed by atoms with Crippen LogP contribution < -0.4 is 0 Å². The second kappa shape index (κ2) is 14.7. The molecule has 0 heterocycles. The van der Waals surface area contributed by atoms with Crippen molar-refractivity contribution in [1.82, 2.24) is 0 Å². The van der Waals surface area contributed by atoms with Crippen LogP contribution >= 0.6 is 0 Å². The van der Waals surface area contributed by atoms with Crippen molar-refractivity contribution in [3.8, 4) is 0 Å². The molecule has 70 heavy (non-hydrogen) atoms. The van der Waals surface area contributed by atoms with E-state index < -0.39 is 10.8 Å². The Morgan fingerprint density at radius 3 is 1.27 bits per heavy atom. The molecule has 12 rings (SSSR count). The van der Waals surface area contributed by atoms with Crippen LogP contribution in [-0.4, -0.2) is 5.78 Å². The summed E-state index contributed by atoms with van der Waals surface area (Å²) in [6, 6.07) is 65.3. The zero-order chi connectivity index (χ0) is 49.1. The van der Waals surface area contributed by atoms with E-state index >= 15 is 4.79 Å². The largest absolute Gasteiger partial charge is 0.293 e. The van der Waals surface area contributed by atoms with Gasteiger partial charge in [0.25, 0.3) is 0 Å². The average molecular weight is 911 g/mol. The molecule has 0 radical (unpaired) electrons. The molecule has 348 valence electrons. The van der Waals surface area contributed by atoms with Crippen molar-refractivity contribution in [3.63, 3.8) is 0 Å². The lowest BCUT2D eigenvalue weighted by atomic mass is 9.40. The summed E-state index contributed by atoms with van der Waals surface area (Å²) >= 11 is 0. The van der Waals surface area contributed by atoms with Crippen molar-refractivity contribution in [2.75, 3.05) is 0 Å². The maximum absolute atomic E-state index is 18.0. The van der Waals surface area contributed by atoms with Crippen LogP contribution in [0.2, 0.25) is 0 Å². The third-order valence-corrected chi connectivity index (χ3v) is 17.1. The molecule has 4 aliphatic carbocycles. The van der Waals surface area contributed by atoms with Crippen LogP contribution in [0.1, 0.15) is 162 Å². The van der Waals surface area contributed by atoms with E-state index in [0.29, 0.717) is 0 Å². The van der Waals surface area contributed by atoms with E-state index in [1.165, 1.54) is 77.2 Å². The van der Waals surface area contributed by atoms with Crippen molar-refractivity contribution in [2.45, 2.75) is 127 Å². The van der Waals surface area contributed by atoms with Crippen molar-refractivity contribution >= 4 is 49.6 Å². The quantitative estimate of drug-likeness (QED) is 0.172. The Balaban J connectivity index is 1.37. The number of hydrogen-bond acceptors (Lipinski definition) is 1. The van der Waals surface area contributed by atoms with Gasteiger partial charge in [0.15, 0.2) is 5.78 Å². The van der Waals surface area contributed by atoms with Crippen LogP contribution in [0.3, 0.4) is 0 Å². The predicted molar refractivity (Wildman–Crippen MR) is 296 cm³/mol. The van der Waals surface area contributed by atoms with E-state index in [1.807, 2.05) is 0 Å². The topological polar surface area (TPSA) is 17.1 Å². The number of hydrogen-bond donors (Lipinski definition) is 0. The lowest BCUT2D eigenvalue weighted by molar-refractivity contribution is -0.120. The molecule has 8 aromatic carbocycles. The van der Waals surface area contributed by atoms with Gasteiger partial charge in [0, 0.05) is 17.4 Å². The molecule has 0 bridgehead atoms. The number of ketones is 1. The molecule has 0 amide bonds. The van der Waals surface area contributed by atoms with Crippen LogP contribution in [-0.2, 0) is 37.3 Å². The van der Waals surface area contributed by atoms with Gasteiger partial charge in [-0.15, -0.1) is 0 Å². The van der Waals surface area contributed by atoms with Crippen LogP contribution in [0, 0.1) is 0 Å². The van der Waals surface area contributed by atoms with Crippen LogP contribution in [0.15, 0.2) is 170 Å². The van der Waals surface area contributed by atoms with Crippen LogP contribution in [0.25, 0.3) is 43.8 Å². The van der Waals surface area contributed by atoms with E-state index in [4.69, 9.17) is 0 Å². The Labute approximate surface area is 416 Å². The zero-order valence-corrected chi connectivity index (χ0v) is 43.2. The molecule has 0 fully saturated rings. The zero-order valence-electron chi connectivity index (χ0n) is 43.2. The Hall–Kier alpha value is -6.57. The van der Waals surface area contributed by atoms with Gasteiger partial charge in [-0.2, -0.15) is 0 Å². The molecular formula is C69H66O. The van der Waals surface area contributed by atoms with Crippen molar-refractivity contribution in [1.29, 1.82) is 0 Å². The first-order chi connectivity index (χ1) is 33.2. The maximum Gasteiger partial charge on any atom is 0.176 e. The maximum atomic E-state index is 18.0. The number of benzene rings is 8. The van der Waals surface area contributed by atoms with Crippen LogP contribution in [0.5, 0.6) is 0 Å². The lowest BCUT2D eigenvalue weighted by Gasteiger charge is -2.59. The van der Waals surface area contributed by atoms with Crippen molar-refractivity contribution < 1.29 is 4.79 Å². The summed E-state index contributed by atoms with van der Waals surface area (Å²) in [5.74, 6) is -0.205. The highest BCUT2D eigenvalue weighted by atomic mass is 16.1. The number of allylic oxidation sites excluding steroid dienone is 4. The molecule has 4 aliphatic rings. The molecule has 1 heteroatoms. The van der Waals surface area contributed by atoms with E-state index in [2.05, 4.69) is 253 Å². The van der Waals surface area contributed by atoms with Gasteiger partial charge in [-0.1, -0.05) is 253 Å². The van der Waals surface area contributed by atoms with Gasteiger partial charge in [-0.05, 0) is 127 Å². The number of carbonyl (C=O) groups excluding carboxylic acids is 1. The Morgan fingerprint density at radius 1 is 0.386 bits per heavy atom. The summed E-state index contributed by atoms with van der Waals surface area (Å²) in [6.45, 7) is 27.5. The molecule has 8 aromatic rings. The highest BCUT2D eigenvalue weighted by molar-refractivity contribution is 6.44. The Bertz CT molecular complexity index is 3540. The number of carbonyl (C=O) groups is 1. The van der Waals surface area contributed by atoms with Crippen LogP contribution in [0.4, 0.5) is 0 Å². The standard InChI is InChI=1S/C69H66O/c1-64(2,3)45-29-25-43(26-30-45)57-59-51-21-13-17-41-18-14-22-52(55(41)51)62(59)69(50-39-35-48(36-40-50)67(10,11)12)63(70)58(44-27-31-46(32-28-44)65(4,5)6)61-54-24-16-20-42-19-15-23-53(56(42)54)60(57)68(61,69)49-37-33-47(34-38-49)66(7,8)9/h13-40,59,62H,1-12H3. The van der Waals surface area contributed by atoms with E-state index in [1.54, 1.807) is 0 Å². The summed E-state index contributed by atoms with van der Waals surface area (Å²) in [4.78, 5) is 18.0. The summed E-state index contributed by atoms with van der Waals surface area (Å²) in [6.07, 6.45) is 0. The molecule has 0 aromatic heterocycles. The molecule has 4 unspecified atom stereocenters. The highest BCUT2D eigenvalue weighted by Gasteiger charge is 2.76. The monoisotopic (exact) mass is 911 g/mol. The smallest absolute Gasteiger partial charge is 0.176 e. The molecule has 1 nitrogen and oxygen atoms in total. The fourth-order valence-corrected chi connectivity index (χ4v) is 13.8. The van der Waals surface area contributed by atoms with Crippen molar-refractivity contribution in [2.24, 2.45) is 0 Å². The predicted octanol–water partition coefficient (Wildman–Crippen LogP) is 17.4. The molecular weight excluding hydrogens is 845 g/mol. The minimum atomic E-state index is -1.14. The van der Waals surface area contributed by atoms with Gasteiger partial charge in [0.2, 0.25) is 0 Å². The summed E-state index contributed by atoms with van der Waals surface area (Å²) in [5, 5.41) is 4.93. The van der Waals surface area contributed by atoms with Crippen molar-refractivity contribution in [3.05, 3.63) is 237 Å². The van der Waals surface area contributed by atoms with Gasteiger partial charge in [0.1, 0.15) is 0 Å². The van der Waals surface area contributed by atoms with Gasteiger partial charge in [-0.25, -0.2) is 0 Å². The van der Waals surface area contributed by atoms with E-state index in [-0.39, 0.29) is 39.3 Å². The lowest BCUT2D eigenvalue weighted by Crippen LogP contribution is -2.59. The minimum absolute atomic E-state index is 0.0222. The van der Waals surface area contributed by atoms with Gasteiger partial charge in [0.05, 0.1) is 10.8 Å². The van der Waals surface area contributed by atoms with E-state index in [9.17, 15) is 0 Å². The first-order valence-corrected chi connectivity index (χ1v) is 25.7. The number of rotatable bonds is 4. The SMILES string of the molecule is CC(C)(C)c1ccc(C2=C3c4cccc5cccc(c45)C4=C(c5ccc(C(C)(C)C)cc5)C5c6cccc7cccc(c67)C5C(c5ccc(C(C)(C)C)cc5)(C2=O)C34c2ccc(C(C)(C)C)cc2)cc1. The Morgan fingerprint density at radius 2 is 0.786 bits per heavy atom. The fraction of sp³-hybridized carbons (Fsp3) is 0.290. The third kappa shape index (κ3) is 5.93. The van der Waals surface area contributed by atoms with Gasteiger partial charge < -0.3 is 0 Å². The fourth-order valence-electron chi connectivity index (χ4n) is 13.8. The minimum Gasteiger partial charge on any atom is -0.293 e. The van der Waals surface area contributed by atoms with E-state index in [0.717, 1.165) is 33.4 Å². The first-order valence-electron chi connectivity index (χ1n) is 25.7. The highest BCUT2D eigenvalue weighted by Crippen LogP contribution is 2.80. The summed E-state index contributed by atoms with van der Waals surface area (Å²) in [5.41, 5.74) is 16.7. The molecule has 0 saturated carbocycles. The molecule has 4 atom stereocenters. The second-order valence-corrected chi connectivity index (χ2v) is 25.2. The van der Waals surface area contributed by atoms with Gasteiger partial charge >= 0.3 is 0 Å². The molecule has 0 saturated heterocycles. The Kier molecular flexibility index (Phi) is 9.40. The number of fused-ring (bicyclic) bond motifs is 6. The number of Topliss-reactive ketones (excluding diaryl/α,β-unsaturated/α-hetero) is 1. The third-order valence-electron chi connectivity index (χ3n) is 17.1. The normalized spacial score (nSPS) is 21.7. The average Bonchev–Trinajstić information content (AvgIpc) is 3.79.